The largest absolute Gasteiger partial charge is 0.496 e. The van der Waals surface area contributed by atoms with Crippen molar-refractivity contribution in [3.05, 3.63) is 64.5 Å². The maximum absolute atomic E-state index is 13.4. The van der Waals surface area contributed by atoms with Crippen molar-refractivity contribution in [3.8, 4) is 11.8 Å². The van der Waals surface area contributed by atoms with E-state index >= 15 is 0 Å². The second kappa shape index (κ2) is 7.11. The quantitative estimate of drug-likeness (QED) is 0.565. The molecule has 2 nitrogen and oxygen atoms in total. The molecule has 0 saturated heterocycles. The normalized spacial score (nSPS) is 11.4. The van der Waals surface area contributed by atoms with E-state index in [4.69, 9.17) is 4.74 Å². The van der Waals surface area contributed by atoms with E-state index in [9.17, 15) is 9.65 Å². The van der Waals surface area contributed by atoms with E-state index in [-0.39, 0.29) is 5.82 Å². The lowest BCUT2D eigenvalue weighted by molar-refractivity contribution is 0.407. The molecule has 0 aromatic heterocycles. The lowest BCUT2D eigenvalue weighted by Crippen LogP contribution is -1.97. The van der Waals surface area contributed by atoms with Crippen LogP contribution in [-0.2, 0) is 0 Å². The van der Waals surface area contributed by atoms with Gasteiger partial charge in [0.15, 0.2) is 0 Å². The van der Waals surface area contributed by atoms with Gasteiger partial charge in [0.05, 0.1) is 18.8 Å². The summed E-state index contributed by atoms with van der Waals surface area (Å²) in [5.41, 5.74) is 4.05. The first-order valence-corrected chi connectivity index (χ1v) is 7.52. The molecule has 0 fully saturated rings. The highest BCUT2D eigenvalue weighted by Gasteiger charge is 2.11. The van der Waals surface area contributed by atoms with Crippen molar-refractivity contribution in [1.82, 2.24) is 0 Å². The fourth-order valence-electron chi connectivity index (χ4n) is 2.49. The molecular formula is C20H20FNO. The van der Waals surface area contributed by atoms with Crippen LogP contribution in [0.15, 0.2) is 36.4 Å². The summed E-state index contributed by atoms with van der Waals surface area (Å²) in [5.74, 6) is 0.800. The topological polar surface area (TPSA) is 33.0 Å². The van der Waals surface area contributed by atoms with Crippen LogP contribution in [0.5, 0.6) is 5.75 Å². The fourth-order valence-corrected chi connectivity index (χ4v) is 2.49. The molecule has 0 saturated carbocycles. The second-order valence-corrected chi connectivity index (χ2v) is 5.79. The monoisotopic (exact) mass is 309 g/mol. The zero-order chi connectivity index (χ0) is 17.0. The Labute approximate surface area is 136 Å². The van der Waals surface area contributed by atoms with Crippen LogP contribution < -0.4 is 4.74 Å². The Hall–Kier alpha value is -2.60. The predicted octanol–water partition coefficient (Wildman–Crippen LogP) is 5.33. The van der Waals surface area contributed by atoms with Crippen LogP contribution in [0.3, 0.4) is 0 Å². The average molecular weight is 309 g/mol. The van der Waals surface area contributed by atoms with Gasteiger partial charge in [-0.1, -0.05) is 26.0 Å². The maximum Gasteiger partial charge on any atom is 0.123 e. The third-order valence-corrected chi connectivity index (χ3v) is 3.80. The number of ether oxygens (including phenoxy) is 1. The molecule has 118 valence electrons. The van der Waals surface area contributed by atoms with Gasteiger partial charge in [0.1, 0.15) is 11.6 Å². The summed E-state index contributed by atoms with van der Waals surface area (Å²) in [6.07, 6.45) is 1.80. The molecule has 0 bridgehead atoms. The van der Waals surface area contributed by atoms with E-state index in [1.807, 2.05) is 19.1 Å². The number of rotatable bonds is 4. The number of hydrogen-bond donors (Lipinski definition) is 0. The van der Waals surface area contributed by atoms with Crippen LogP contribution in [0, 0.1) is 24.1 Å². The van der Waals surface area contributed by atoms with Gasteiger partial charge in [-0.05, 0) is 65.4 Å². The number of nitriles is 1. The van der Waals surface area contributed by atoms with Crippen molar-refractivity contribution in [2.45, 2.75) is 26.7 Å². The number of halogens is 1. The SMILES string of the molecule is COc1cc(C)c(C=C(C#N)c2cccc(F)c2)cc1C(C)C. The first-order chi connectivity index (χ1) is 11.0. The Morgan fingerprint density at radius 2 is 2.00 bits per heavy atom. The standard InChI is InChI=1S/C20H20FNO/c1-13(2)19-11-16(14(3)8-20(19)23-4)9-17(12-22)15-6-5-7-18(21)10-15/h5-11,13H,1-4H3. The van der Waals surface area contributed by atoms with Crippen LogP contribution in [0.25, 0.3) is 11.6 Å². The van der Waals surface area contributed by atoms with E-state index in [1.54, 1.807) is 25.3 Å². The van der Waals surface area contributed by atoms with Crippen molar-refractivity contribution in [1.29, 1.82) is 5.26 Å². The number of benzene rings is 2. The minimum Gasteiger partial charge on any atom is -0.496 e. The zero-order valence-electron chi connectivity index (χ0n) is 13.9. The summed E-state index contributed by atoms with van der Waals surface area (Å²) in [6.45, 7) is 6.16. The van der Waals surface area contributed by atoms with Gasteiger partial charge in [-0.3, -0.25) is 0 Å². The third kappa shape index (κ3) is 3.78. The van der Waals surface area contributed by atoms with Gasteiger partial charge in [-0.25, -0.2) is 4.39 Å². The minimum absolute atomic E-state index is 0.303. The predicted molar refractivity (Wildman–Crippen MR) is 91.7 cm³/mol. The highest BCUT2D eigenvalue weighted by molar-refractivity contribution is 5.90. The van der Waals surface area contributed by atoms with Gasteiger partial charge in [0, 0.05) is 0 Å². The molecule has 0 amide bonds. The number of allylic oxidation sites excluding steroid dienone is 1. The maximum atomic E-state index is 13.4. The molecule has 0 spiro atoms. The van der Waals surface area contributed by atoms with E-state index in [0.717, 1.165) is 22.4 Å². The molecule has 2 aromatic rings. The van der Waals surface area contributed by atoms with Gasteiger partial charge in [-0.2, -0.15) is 5.26 Å². The Balaban J connectivity index is 2.56. The molecule has 0 aliphatic rings. The fraction of sp³-hybridized carbons (Fsp3) is 0.250. The number of methoxy groups -OCH3 is 1. The average Bonchev–Trinajstić information content (AvgIpc) is 2.53. The Bertz CT molecular complexity index is 785. The molecule has 0 atom stereocenters. The van der Waals surface area contributed by atoms with Crippen LogP contribution >= 0.6 is 0 Å². The number of aryl methyl sites for hydroxylation is 1. The highest BCUT2D eigenvalue weighted by Crippen LogP contribution is 2.31. The van der Waals surface area contributed by atoms with Crippen LogP contribution in [0.4, 0.5) is 4.39 Å². The third-order valence-electron chi connectivity index (χ3n) is 3.80. The van der Waals surface area contributed by atoms with E-state index in [2.05, 4.69) is 19.9 Å². The van der Waals surface area contributed by atoms with Crippen molar-refractivity contribution < 1.29 is 9.13 Å². The lowest BCUT2D eigenvalue weighted by Gasteiger charge is -2.15. The van der Waals surface area contributed by atoms with Crippen LogP contribution in [-0.4, -0.2) is 7.11 Å². The van der Waals surface area contributed by atoms with Crippen molar-refractivity contribution >= 4 is 11.6 Å². The summed E-state index contributed by atoms with van der Waals surface area (Å²) >= 11 is 0. The Morgan fingerprint density at radius 3 is 2.57 bits per heavy atom. The van der Waals surface area contributed by atoms with Gasteiger partial charge in [0.25, 0.3) is 0 Å². The van der Waals surface area contributed by atoms with Gasteiger partial charge >= 0.3 is 0 Å². The summed E-state index contributed by atoms with van der Waals surface area (Å²) in [5, 5.41) is 9.44. The Morgan fingerprint density at radius 1 is 1.26 bits per heavy atom. The summed E-state index contributed by atoms with van der Waals surface area (Å²) in [6, 6.07) is 12.3. The first-order valence-electron chi connectivity index (χ1n) is 7.52. The van der Waals surface area contributed by atoms with Gasteiger partial charge in [0.2, 0.25) is 0 Å². The van der Waals surface area contributed by atoms with Crippen molar-refractivity contribution in [2.75, 3.05) is 7.11 Å². The molecule has 3 heteroatoms. The minimum atomic E-state index is -0.349. The van der Waals surface area contributed by atoms with Crippen molar-refractivity contribution in [3.63, 3.8) is 0 Å². The Kier molecular flexibility index (Phi) is 5.18. The molecule has 0 aliphatic heterocycles. The lowest BCUT2D eigenvalue weighted by atomic mass is 9.94. The highest BCUT2D eigenvalue weighted by atomic mass is 19.1. The summed E-state index contributed by atoms with van der Waals surface area (Å²) < 4.78 is 18.8. The second-order valence-electron chi connectivity index (χ2n) is 5.79. The molecule has 0 unspecified atom stereocenters. The van der Waals surface area contributed by atoms with E-state index in [0.29, 0.717) is 17.1 Å². The van der Waals surface area contributed by atoms with E-state index < -0.39 is 0 Å². The van der Waals surface area contributed by atoms with Crippen molar-refractivity contribution in [2.24, 2.45) is 0 Å². The summed E-state index contributed by atoms with van der Waals surface area (Å²) in [4.78, 5) is 0. The molecule has 0 N–H and O–H groups in total. The smallest absolute Gasteiger partial charge is 0.123 e. The molecular weight excluding hydrogens is 289 g/mol. The van der Waals surface area contributed by atoms with Crippen LogP contribution in [0.1, 0.15) is 42.0 Å². The van der Waals surface area contributed by atoms with E-state index in [1.165, 1.54) is 12.1 Å². The van der Waals surface area contributed by atoms with Crippen LogP contribution in [0.2, 0.25) is 0 Å². The molecule has 0 aliphatic carbocycles. The summed E-state index contributed by atoms with van der Waals surface area (Å²) in [7, 11) is 1.66. The zero-order valence-corrected chi connectivity index (χ0v) is 13.9. The molecule has 2 rings (SSSR count). The molecule has 2 aromatic carbocycles. The number of nitrogens with zero attached hydrogens (tertiary/aromatic N) is 1. The molecule has 0 heterocycles. The molecule has 0 radical (unpaired) electrons. The number of hydrogen-bond acceptors (Lipinski definition) is 2. The van der Waals surface area contributed by atoms with Gasteiger partial charge < -0.3 is 4.74 Å². The first kappa shape index (κ1) is 16.8. The van der Waals surface area contributed by atoms with Gasteiger partial charge in [-0.15, -0.1) is 0 Å². The molecule has 23 heavy (non-hydrogen) atoms.